The summed E-state index contributed by atoms with van der Waals surface area (Å²) < 4.78 is 16.9. The molecule has 0 aliphatic rings. The van der Waals surface area contributed by atoms with Gasteiger partial charge in [0.2, 0.25) is 0 Å². The molecule has 2 nitrogen and oxygen atoms in total. The van der Waals surface area contributed by atoms with E-state index < -0.39 is 6.67 Å². The third-order valence-electron chi connectivity index (χ3n) is 1.66. The van der Waals surface area contributed by atoms with E-state index in [1.54, 1.807) is 6.92 Å². The molecule has 0 bridgehead atoms. The van der Waals surface area contributed by atoms with E-state index in [2.05, 4.69) is 0 Å². The number of hydrogen-bond donors (Lipinski definition) is 0. The Hall–Kier alpha value is -0.860. The number of ether oxygens (including phenoxy) is 1. The van der Waals surface area contributed by atoms with Crippen LogP contribution in [0.25, 0.3) is 0 Å². The van der Waals surface area contributed by atoms with Crippen LogP contribution in [0.3, 0.4) is 0 Å². The Balaban J connectivity index is 3.50. The lowest BCUT2D eigenvalue weighted by atomic mass is 10.2. The molecule has 0 atom stereocenters. The molecular weight excluding hydrogens is 183 g/mol. The van der Waals surface area contributed by atoms with Crippen molar-refractivity contribution in [2.45, 2.75) is 46.1 Å². The van der Waals surface area contributed by atoms with E-state index in [4.69, 9.17) is 4.74 Å². The molecule has 0 unspecified atom stereocenters. The minimum absolute atomic E-state index is 0.0504. The van der Waals surface area contributed by atoms with Gasteiger partial charge in [0.25, 0.3) is 0 Å². The Morgan fingerprint density at radius 1 is 1.50 bits per heavy atom. The largest absolute Gasteiger partial charge is 0.463 e. The zero-order valence-electron chi connectivity index (χ0n) is 9.18. The van der Waals surface area contributed by atoms with Crippen molar-refractivity contribution in [3.63, 3.8) is 0 Å². The molecule has 82 valence electrons. The first-order chi connectivity index (χ1) is 6.56. The normalized spacial score (nSPS) is 11.9. The smallest absolute Gasteiger partial charge is 0.306 e. The zero-order chi connectivity index (χ0) is 11.0. The van der Waals surface area contributed by atoms with Crippen molar-refractivity contribution in [3.05, 3.63) is 11.6 Å². The van der Waals surface area contributed by atoms with E-state index in [0.717, 1.165) is 18.4 Å². The molecule has 0 heterocycles. The van der Waals surface area contributed by atoms with Gasteiger partial charge in [0.15, 0.2) is 0 Å². The molecule has 3 heteroatoms. The Kier molecular flexibility index (Phi) is 7.07. The first-order valence-electron chi connectivity index (χ1n) is 4.97. The van der Waals surface area contributed by atoms with E-state index in [1.807, 2.05) is 19.9 Å². The highest BCUT2D eigenvalue weighted by Crippen LogP contribution is 2.04. The lowest BCUT2D eigenvalue weighted by Gasteiger charge is -2.06. The number of halogens is 1. The molecule has 0 saturated carbocycles. The van der Waals surface area contributed by atoms with Crippen molar-refractivity contribution >= 4 is 5.97 Å². The number of carbonyl (C=O) groups excluding carboxylic acids is 1. The van der Waals surface area contributed by atoms with E-state index >= 15 is 0 Å². The van der Waals surface area contributed by atoms with Crippen LogP contribution in [0.5, 0.6) is 0 Å². The Bertz CT molecular complexity index is 197. The predicted octanol–water partition coefficient (Wildman–Crippen LogP) is 3.02. The molecule has 0 aromatic heterocycles. The van der Waals surface area contributed by atoms with Crippen molar-refractivity contribution < 1.29 is 13.9 Å². The van der Waals surface area contributed by atoms with Gasteiger partial charge in [0.1, 0.15) is 6.67 Å². The van der Waals surface area contributed by atoms with Crippen LogP contribution >= 0.6 is 0 Å². The van der Waals surface area contributed by atoms with E-state index in [-0.39, 0.29) is 12.1 Å². The molecule has 0 rings (SSSR count). The van der Waals surface area contributed by atoms with Gasteiger partial charge < -0.3 is 4.74 Å². The highest BCUT2D eigenvalue weighted by Gasteiger charge is 2.03. The van der Waals surface area contributed by atoms with Gasteiger partial charge in [0.05, 0.1) is 6.10 Å². The molecule has 0 N–H and O–H groups in total. The molecule has 14 heavy (non-hydrogen) atoms. The fraction of sp³-hybridized carbons (Fsp3) is 0.727. The third-order valence-corrected chi connectivity index (χ3v) is 1.66. The molecule has 0 aromatic rings. The summed E-state index contributed by atoms with van der Waals surface area (Å²) in [6, 6.07) is 0. The van der Waals surface area contributed by atoms with Crippen LogP contribution in [0.15, 0.2) is 11.6 Å². The van der Waals surface area contributed by atoms with Crippen LogP contribution in [0, 0.1) is 0 Å². The molecule has 0 radical (unpaired) electrons. The number of unbranched alkanes of at least 4 members (excludes halogenated alkanes) is 1. The number of rotatable bonds is 6. The zero-order valence-corrected chi connectivity index (χ0v) is 9.18. The molecule has 0 fully saturated rings. The third kappa shape index (κ3) is 7.77. The summed E-state index contributed by atoms with van der Waals surface area (Å²) in [6.45, 7) is 4.99. The summed E-state index contributed by atoms with van der Waals surface area (Å²) in [7, 11) is 0. The van der Waals surface area contributed by atoms with Gasteiger partial charge in [-0.3, -0.25) is 4.79 Å². The molecule has 0 amide bonds. The first-order valence-corrected chi connectivity index (χ1v) is 4.97. The average molecular weight is 202 g/mol. The summed E-state index contributed by atoms with van der Waals surface area (Å²) in [5.74, 6) is -0.175. The van der Waals surface area contributed by atoms with Gasteiger partial charge >= 0.3 is 5.97 Å². The summed E-state index contributed by atoms with van der Waals surface area (Å²) in [5.41, 5.74) is 0.724. The van der Waals surface area contributed by atoms with Crippen LogP contribution in [0.4, 0.5) is 4.39 Å². The average Bonchev–Trinajstić information content (AvgIpc) is 2.10. The van der Waals surface area contributed by atoms with Crippen LogP contribution < -0.4 is 0 Å². The van der Waals surface area contributed by atoms with Crippen molar-refractivity contribution in [1.29, 1.82) is 0 Å². The van der Waals surface area contributed by atoms with Crippen LogP contribution in [-0.2, 0) is 9.53 Å². The monoisotopic (exact) mass is 202 g/mol. The van der Waals surface area contributed by atoms with Gasteiger partial charge in [-0.2, -0.15) is 0 Å². The number of esters is 1. The maximum absolute atomic E-state index is 12.0. The summed E-state index contributed by atoms with van der Waals surface area (Å²) >= 11 is 0. The fourth-order valence-electron chi connectivity index (χ4n) is 0.971. The predicted molar refractivity (Wildman–Crippen MR) is 54.8 cm³/mol. The van der Waals surface area contributed by atoms with Crippen LogP contribution in [-0.4, -0.2) is 18.7 Å². The number of allylic oxidation sites excluding steroid dienone is 2. The van der Waals surface area contributed by atoms with Crippen molar-refractivity contribution in [3.8, 4) is 0 Å². The van der Waals surface area contributed by atoms with Crippen LogP contribution in [0.2, 0.25) is 0 Å². The first kappa shape index (κ1) is 13.1. The minimum Gasteiger partial charge on any atom is -0.463 e. The van der Waals surface area contributed by atoms with Crippen molar-refractivity contribution in [1.82, 2.24) is 0 Å². The lowest BCUT2D eigenvalue weighted by Crippen LogP contribution is -2.10. The van der Waals surface area contributed by atoms with E-state index in [0.29, 0.717) is 6.42 Å². The molecule has 0 aromatic carbocycles. The van der Waals surface area contributed by atoms with Crippen molar-refractivity contribution in [2.24, 2.45) is 0 Å². The second kappa shape index (κ2) is 7.54. The maximum Gasteiger partial charge on any atom is 0.306 e. The topological polar surface area (TPSA) is 26.3 Å². The number of alkyl halides is 1. The molecule has 0 aliphatic carbocycles. The highest BCUT2D eigenvalue weighted by molar-refractivity contribution is 5.69. The molecule has 0 saturated heterocycles. The van der Waals surface area contributed by atoms with Gasteiger partial charge in [0, 0.05) is 6.42 Å². The van der Waals surface area contributed by atoms with Gasteiger partial charge in [-0.05, 0) is 39.2 Å². The second-order valence-electron chi connectivity index (χ2n) is 3.61. The van der Waals surface area contributed by atoms with Crippen LogP contribution in [0.1, 0.15) is 40.0 Å². The second-order valence-corrected chi connectivity index (χ2v) is 3.61. The van der Waals surface area contributed by atoms with Gasteiger partial charge in [-0.1, -0.05) is 6.08 Å². The van der Waals surface area contributed by atoms with E-state index in [9.17, 15) is 9.18 Å². The standard InChI is InChI=1S/C11H19FO2/c1-9(2)14-11(13)7-5-4-6-10(3)8-12/h6,9H,4-5,7-8H2,1-3H3. The Morgan fingerprint density at radius 2 is 2.14 bits per heavy atom. The highest BCUT2D eigenvalue weighted by atomic mass is 19.1. The maximum atomic E-state index is 12.0. The quantitative estimate of drug-likeness (QED) is 0.376. The summed E-state index contributed by atoms with van der Waals surface area (Å²) in [6.07, 6.45) is 3.65. The Labute approximate surface area is 85.1 Å². The minimum atomic E-state index is -0.406. The summed E-state index contributed by atoms with van der Waals surface area (Å²) in [4.78, 5) is 11.1. The number of carbonyl (C=O) groups is 1. The van der Waals surface area contributed by atoms with Crippen molar-refractivity contribution in [2.75, 3.05) is 6.67 Å². The molecule has 0 spiro atoms. The SMILES string of the molecule is CC(=CCCCC(=O)OC(C)C)CF. The van der Waals surface area contributed by atoms with Gasteiger partial charge in [-0.15, -0.1) is 0 Å². The number of hydrogen-bond acceptors (Lipinski definition) is 2. The van der Waals surface area contributed by atoms with Gasteiger partial charge in [-0.25, -0.2) is 4.39 Å². The summed E-state index contributed by atoms with van der Waals surface area (Å²) in [5, 5.41) is 0. The lowest BCUT2D eigenvalue weighted by molar-refractivity contribution is -0.147. The Morgan fingerprint density at radius 3 is 2.64 bits per heavy atom. The fourth-order valence-corrected chi connectivity index (χ4v) is 0.971. The van der Waals surface area contributed by atoms with E-state index in [1.165, 1.54) is 0 Å². The molecular formula is C11H19FO2. The molecule has 0 aliphatic heterocycles.